The lowest BCUT2D eigenvalue weighted by molar-refractivity contribution is 0.155. The lowest BCUT2D eigenvalue weighted by atomic mass is 9.68. The largest absolute Gasteiger partial charge is 0.399 e. The minimum atomic E-state index is 0.782. The van der Waals surface area contributed by atoms with Gasteiger partial charge in [-0.3, -0.25) is 0 Å². The summed E-state index contributed by atoms with van der Waals surface area (Å²) in [6, 6.07) is 8.68. The van der Waals surface area contributed by atoms with E-state index in [4.69, 9.17) is 5.73 Å². The number of benzene rings is 1. The molecular formula is C29H49N. The molecule has 0 bridgehead atoms. The van der Waals surface area contributed by atoms with Crippen molar-refractivity contribution in [3.63, 3.8) is 0 Å². The Morgan fingerprint density at radius 1 is 0.633 bits per heavy atom. The molecule has 2 aliphatic rings. The molecule has 2 fully saturated rings. The molecule has 0 radical (unpaired) electrons. The van der Waals surface area contributed by atoms with Crippen molar-refractivity contribution >= 4 is 5.69 Å². The minimum absolute atomic E-state index is 0.782. The monoisotopic (exact) mass is 411 g/mol. The second-order valence-corrected chi connectivity index (χ2v) is 10.7. The van der Waals surface area contributed by atoms with Crippen LogP contribution in [-0.2, 0) is 0 Å². The van der Waals surface area contributed by atoms with Crippen molar-refractivity contribution in [2.75, 3.05) is 5.73 Å². The lowest BCUT2D eigenvalue weighted by Gasteiger charge is -2.38. The third-order valence-electron chi connectivity index (χ3n) is 8.45. The second kappa shape index (κ2) is 13.4. The van der Waals surface area contributed by atoms with Gasteiger partial charge in [0.25, 0.3) is 0 Å². The highest BCUT2D eigenvalue weighted by Crippen LogP contribution is 2.44. The van der Waals surface area contributed by atoms with Gasteiger partial charge in [-0.2, -0.15) is 0 Å². The predicted octanol–water partition coefficient (Wildman–Crippen LogP) is 9.27. The quantitative estimate of drug-likeness (QED) is 0.269. The van der Waals surface area contributed by atoms with Gasteiger partial charge >= 0.3 is 0 Å². The zero-order valence-electron chi connectivity index (χ0n) is 19.9. The van der Waals surface area contributed by atoms with Crippen molar-refractivity contribution in [1.82, 2.24) is 0 Å². The van der Waals surface area contributed by atoms with Crippen LogP contribution in [0, 0.1) is 17.8 Å². The summed E-state index contributed by atoms with van der Waals surface area (Å²) in [5.41, 5.74) is 8.27. The number of unbranched alkanes of at least 4 members (excludes halogenated alkanes) is 8. The summed E-state index contributed by atoms with van der Waals surface area (Å²) in [5.74, 6) is 3.89. The standard InChI is InChI=1S/C29H49N/c1-2-3-4-5-6-7-8-9-10-11-24-12-14-25(15-13-24)26-16-18-27(19-17-26)28-20-22-29(30)23-21-28/h20-27H,2-19,30H2,1H3/t24?,25?,26-,27-. The van der Waals surface area contributed by atoms with Crippen LogP contribution in [0.4, 0.5) is 5.69 Å². The Balaban J connectivity index is 1.22. The average molecular weight is 412 g/mol. The molecule has 2 N–H and O–H groups in total. The van der Waals surface area contributed by atoms with Gasteiger partial charge in [0.1, 0.15) is 0 Å². The van der Waals surface area contributed by atoms with Crippen LogP contribution in [0.3, 0.4) is 0 Å². The first-order valence-corrected chi connectivity index (χ1v) is 13.6. The van der Waals surface area contributed by atoms with Gasteiger partial charge in [-0.25, -0.2) is 0 Å². The molecule has 0 heterocycles. The molecule has 1 aromatic carbocycles. The number of nitrogen functional groups attached to an aromatic ring is 1. The number of nitrogens with two attached hydrogens (primary N) is 1. The summed E-state index contributed by atoms with van der Waals surface area (Å²) in [7, 11) is 0. The lowest BCUT2D eigenvalue weighted by Crippen LogP contribution is -2.25. The topological polar surface area (TPSA) is 26.0 Å². The maximum Gasteiger partial charge on any atom is 0.0314 e. The van der Waals surface area contributed by atoms with Crippen LogP contribution in [0.2, 0.25) is 0 Å². The Morgan fingerprint density at radius 2 is 1.13 bits per heavy atom. The summed E-state index contributed by atoms with van der Waals surface area (Å²) < 4.78 is 0. The number of anilines is 1. The van der Waals surface area contributed by atoms with Gasteiger partial charge in [-0.05, 0) is 79.9 Å². The van der Waals surface area contributed by atoms with E-state index in [9.17, 15) is 0 Å². The molecule has 0 saturated heterocycles. The minimum Gasteiger partial charge on any atom is -0.399 e. The number of hydrogen-bond acceptors (Lipinski definition) is 1. The number of hydrogen-bond donors (Lipinski definition) is 1. The van der Waals surface area contributed by atoms with E-state index >= 15 is 0 Å². The summed E-state index contributed by atoms with van der Waals surface area (Å²) in [4.78, 5) is 0. The molecule has 30 heavy (non-hydrogen) atoms. The summed E-state index contributed by atoms with van der Waals surface area (Å²) >= 11 is 0. The first-order chi connectivity index (χ1) is 14.8. The summed E-state index contributed by atoms with van der Waals surface area (Å²) in [6.07, 6.45) is 26.5. The first-order valence-electron chi connectivity index (χ1n) is 13.6. The van der Waals surface area contributed by atoms with Crippen LogP contribution in [0.15, 0.2) is 24.3 Å². The van der Waals surface area contributed by atoms with Crippen molar-refractivity contribution in [1.29, 1.82) is 0 Å². The van der Waals surface area contributed by atoms with Gasteiger partial charge in [-0.1, -0.05) is 96.1 Å². The zero-order chi connectivity index (χ0) is 21.0. The maximum absolute atomic E-state index is 5.86. The van der Waals surface area contributed by atoms with Gasteiger partial charge in [0, 0.05) is 5.69 Å². The summed E-state index contributed by atoms with van der Waals surface area (Å²) in [6.45, 7) is 2.31. The Hall–Kier alpha value is -0.980. The van der Waals surface area contributed by atoms with Crippen molar-refractivity contribution in [2.45, 2.75) is 128 Å². The highest BCUT2D eigenvalue weighted by atomic mass is 14.5. The van der Waals surface area contributed by atoms with E-state index in [0.717, 1.165) is 29.4 Å². The van der Waals surface area contributed by atoms with Gasteiger partial charge in [0.2, 0.25) is 0 Å². The van der Waals surface area contributed by atoms with Crippen LogP contribution < -0.4 is 5.73 Å². The molecule has 0 unspecified atom stereocenters. The molecule has 1 heteroatoms. The van der Waals surface area contributed by atoms with E-state index in [1.54, 1.807) is 0 Å². The van der Waals surface area contributed by atoms with E-state index in [1.807, 2.05) is 0 Å². The zero-order valence-corrected chi connectivity index (χ0v) is 19.9. The molecular weight excluding hydrogens is 362 g/mol. The Morgan fingerprint density at radius 3 is 1.70 bits per heavy atom. The van der Waals surface area contributed by atoms with Gasteiger partial charge in [-0.15, -0.1) is 0 Å². The van der Waals surface area contributed by atoms with E-state index < -0.39 is 0 Å². The molecule has 0 aliphatic heterocycles. The van der Waals surface area contributed by atoms with E-state index in [1.165, 1.54) is 121 Å². The fraction of sp³-hybridized carbons (Fsp3) is 0.793. The van der Waals surface area contributed by atoms with Crippen molar-refractivity contribution in [2.24, 2.45) is 17.8 Å². The normalized spacial score (nSPS) is 27.2. The average Bonchev–Trinajstić information content (AvgIpc) is 2.79. The predicted molar refractivity (Wildman–Crippen MR) is 133 cm³/mol. The Labute approximate surface area is 187 Å². The molecule has 1 aromatic rings. The molecule has 0 amide bonds. The molecule has 2 saturated carbocycles. The fourth-order valence-corrected chi connectivity index (χ4v) is 6.38. The fourth-order valence-electron chi connectivity index (χ4n) is 6.38. The van der Waals surface area contributed by atoms with E-state index in [2.05, 4.69) is 31.2 Å². The van der Waals surface area contributed by atoms with Crippen LogP contribution in [0.25, 0.3) is 0 Å². The van der Waals surface area contributed by atoms with Gasteiger partial charge < -0.3 is 5.73 Å². The van der Waals surface area contributed by atoms with Crippen molar-refractivity contribution in [3.8, 4) is 0 Å². The Kier molecular flexibility index (Phi) is 10.6. The van der Waals surface area contributed by atoms with Crippen LogP contribution >= 0.6 is 0 Å². The second-order valence-electron chi connectivity index (χ2n) is 10.7. The van der Waals surface area contributed by atoms with Gasteiger partial charge in [0.15, 0.2) is 0 Å². The molecule has 170 valence electrons. The third kappa shape index (κ3) is 7.93. The highest BCUT2D eigenvalue weighted by molar-refractivity contribution is 5.40. The first kappa shape index (κ1) is 23.7. The molecule has 0 spiro atoms. The Bertz CT molecular complexity index is 546. The third-order valence-corrected chi connectivity index (χ3v) is 8.45. The van der Waals surface area contributed by atoms with Crippen LogP contribution in [0.1, 0.15) is 134 Å². The van der Waals surface area contributed by atoms with Crippen LogP contribution in [0.5, 0.6) is 0 Å². The van der Waals surface area contributed by atoms with Crippen molar-refractivity contribution < 1.29 is 0 Å². The SMILES string of the molecule is CCCCCCCCCCCC1CCC([C@H]2CC[C@H](c3ccc(N)cc3)CC2)CC1. The van der Waals surface area contributed by atoms with E-state index in [0.29, 0.717) is 0 Å². The number of rotatable bonds is 12. The van der Waals surface area contributed by atoms with E-state index in [-0.39, 0.29) is 0 Å². The highest BCUT2D eigenvalue weighted by Gasteiger charge is 2.31. The van der Waals surface area contributed by atoms with Crippen molar-refractivity contribution in [3.05, 3.63) is 29.8 Å². The summed E-state index contributed by atoms with van der Waals surface area (Å²) in [5, 5.41) is 0. The smallest absolute Gasteiger partial charge is 0.0314 e. The molecule has 1 nitrogen and oxygen atoms in total. The molecule has 2 aliphatic carbocycles. The molecule has 0 atom stereocenters. The maximum atomic E-state index is 5.86. The molecule has 3 rings (SSSR count). The molecule has 0 aromatic heterocycles. The van der Waals surface area contributed by atoms with Gasteiger partial charge in [0.05, 0.1) is 0 Å². The van der Waals surface area contributed by atoms with Crippen LogP contribution in [-0.4, -0.2) is 0 Å².